The molecular weight excluding hydrogens is 220 g/mol. The summed E-state index contributed by atoms with van der Waals surface area (Å²) < 4.78 is 0. The quantitative estimate of drug-likeness (QED) is 0.741. The number of carbonyl (C=O) groups is 1. The minimum Gasteiger partial charge on any atom is -0.393 e. The van der Waals surface area contributed by atoms with Gasteiger partial charge < -0.3 is 11.1 Å². The van der Waals surface area contributed by atoms with Gasteiger partial charge in [0.05, 0.1) is 4.99 Å². The fourth-order valence-electron chi connectivity index (χ4n) is 2.00. The molecular formula is C12H22N2OS. The Hall–Kier alpha value is -0.640. The lowest BCUT2D eigenvalue weighted by molar-refractivity contribution is -0.130. The summed E-state index contributed by atoms with van der Waals surface area (Å²) >= 11 is 5.03. The fourth-order valence-corrected chi connectivity index (χ4v) is 2.28. The first-order valence-electron chi connectivity index (χ1n) is 5.98. The maximum Gasteiger partial charge on any atom is 0.225 e. The van der Waals surface area contributed by atoms with Gasteiger partial charge in [-0.1, -0.05) is 39.4 Å². The molecule has 1 rings (SSSR count). The van der Waals surface area contributed by atoms with Crippen molar-refractivity contribution >= 4 is 23.1 Å². The second-order valence-corrected chi connectivity index (χ2v) is 5.73. The minimum absolute atomic E-state index is 0.114. The Labute approximate surface area is 103 Å². The molecule has 1 aliphatic carbocycles. The minimum atomic E-state index is -0.302. The van der Waals surface area contributed by atoms with E-state index >= 15 is 0 Å². The summed E-state index contributed by atoms with van der Waals surface area (Å²) in [5.74, 6) is 0.301. The molecule has 1 amide bonds. The van der Waals surface area contributed by atoms with Gasteiger partial charge in [-0.15, -0.1) is 0 Å². The molecule has 0 bridgehead atoms. The molecule has 1 fully saturated rings. The Bertz CT molecular complexity index is 289. The number of hydrogen-bond donors (Lipinski definition) is 2. The zero-order valence-electron chi connectivity index (χ0n) is 10.4. The highest BCUT2D eigenvalue weighted by Crippen LogP contribution is 2.28. The number of thiocarbonyl (C=S) groups is 1. The van der Waals surface area contributed by atoms with Gasteiger partial charge in [-0.05, 0) is 19.3 Å². The molecule has 0 heterocycles. The summed E-state index contributed by atoms with van der Waals surface area (Å²) in [6.45, 7) is 5.96. The van der Waals surface area contributed by atoms with E-state index in [-0.39, 0.29) is 23.3 Å². The van der Waals surface area contributed by atoms with Crippen LogP contribution in [-0.4, -0.2) is 16.9 Å². The average Bonchev–Trinajstić information content (AvgIpc) is 2.65. The molecule has 0 aliphatic heterocycles. The molecule has 0 aromatic carbocycles. The second kappa shape index (κ2) is 5.13. The third-order valence-electron chi connectivity index (χ3n) is 3.70. The lowest BCUT2D eigenvalue weighted by Gasteiger charge is -2.27. The predicted molar refractivity (Wildman–Crippen MR) is 70.1 cm³/mol. The van der Waals surface area contributed by atoms with E-state index in [0.717, 1.165) is 25.7 Å². The summed E-state index contributed by atoms with van der Waals surface area (Å²) in [7, 11) is 0. The smallest absolute Gasteiger partial charge is 0.225 e. The standard InChI is InChI=1S/C12H22N2OS/c1-4-12(2,3)11(15)14-9-7-5-6-8(9)10(13)16/h8-9H,4-7H2,1-3H3,(H2,13,16)(H,14,15). The van der Waals surface area contributed by atoms with Crippen LogP contribution in [0.4, 0.5) is 0 Å². The van der Waals surface area contributed by atoms with Gasteiger partial charge in [0.25, 0.3) is 0 Å². The van der Waals surface area contributed by atoms with Gasteiger partial charge in [0.15, 0.2) is 0 Å². The van der Waals surface area contributed by atoms with E-state index in [0.29, 0.717) is 4.99 Å². The maximum absolute atomic E-state index is 12.0. The first kappa shape index (κ1) is 13.4. The Balaban J connectivity index is 2.60. The van der Waals surface area contributed by atoms with E-state index in [9.17, 15) is 4.79 Å². The second-order valence-electron chi connectivity index (χ2n) is 5.26. The van der Waals surface area contributed by atoms with Gasteiger partial charge in [-0.3, -0.25) is 4.79 Å². The van der Waals surface area contributed by atoms with Gasteiger partial charge in [-0.25, -0.2) is 0 Å². The topological polar surface area (TPSA) is 55.1 Å². The van der Waals surface area contributed by atoms with Crippen LogP contribution in [0.2, 0.25) is 0 Å². The first-order chi connectivity index (χ1) is 7.38. The van der Waals surface area contributed by atoms with Crippen LogP contribution < -0.4 is 11.1 Å². The van der Waals surface area contributed by atoms with Gasteiger partial charge >= 0.3 is 0 Å². The molecule has 3 N–H and O–H groups in total. The van der Waals surface area contributed by atoms with Crippen molar-refractivity contribution in [3.63, 3.8) is 0 Å². The third-order valence-corrected chi connectivity index (χ3v) is 4.00. The highest BCUT2D eigenvalue weighted by atomic mass is 32.1. The molecule has 16 heavy (non-hydrogen) atoms. The highest BCUT2D eigenvalue weighted by molar-refractivity contribution is 7.80. The first-order valence-corrected chi connectivity index (χ1v) is 6.39. The molecule has 0 saturated heterocycles. The van der Waals surface area contributed by atoms with E-state index in [1.54, 1.807) is 0 Å². The molecule has 2 unspecified atom stereocenters. The SMILES string of the molecule is CCC(C)(C)C(=O)NC1CCCC1C(N)=S. The monoisotopic (exact) mass is 242 g/mol. The van der Waals surface area contributed by atoms with Crippen molar-refractivity contribution in [3.8, 4) is 0 Å². The number of nitrogens with two attached hydrogens (primary N) is 1. The number of nitrogens with one attached hydrogen (secondary N) is 1. The fraction of sp³-hybridized carbons (Fsp3) is 0.833. The predicted octanol–water partition coefficient (Wildman–Crippen LogP) is 1.99. The van der Waals surface area contributed by atoms with Gasteiger partial charge in [0, 0.05) is 17.4 Å². The summed E-state index contributed by atoms with van der Waals surface area (Å²) in [4.78, 5) is 12.6. The molecule has 0 aromatic rings. The number of amides is 1. The summed E-state index contributed by atoms with van der Waals surface area (Å²) in [5, 5.41) is 3.10. The van der Waals surface area contributed by atoms with Crippen LogP contribution in [0, 0.1) is 11.3 Å². The van der Waals surface area contributed by atoms with Crippen molar-refractivity contribution < 1.29 is 4.79 Å². The highest BCUT2D eigenvalue weighted by Gasteiger charge is 2.34. The van der Waals surface area contributed by atoms with Crippen molar-refractivity contribution in [1.82, 2.24) is 5.32 Å². The van der Waals surface area contributed by atoms with Crippen LogP contribution in [0.5, 0.6) is 0 Å². The average molecular weight is 242 g/mol. The van der Waals surface area contributed by atoms with Crippen LogP contribution in [0.1, 0.15) is 46.5 Å². The van der Waals surface area contributed by atoms with Crippen molar-refractivity contribution in [1.29, 1.82) is 0 Å². The van der Waals surface area contributed by atoms with Crippen molar-refractivity contribution in [2.45, 2.75) is 52.5 Å². The Kier molecular flexibility index (Phi) is 4.30. The zero-order chi connectivity index (χ0) is 12.3. The van der Waals surface area contributed by atoms with E-state index in [1.165, 1.54) is 0 Å². The number of carbonyl (C=O) groups excluding carboxylic acids is 1. The Morgan fingerprint density at radius 3 is 2.62 bits per heavy atom. The van der Waals surface area contributed by atoms with E-state index in [2.05, 4.69) is 5.32 Å². The van der Waals surface area contributed by atoms with E-state index in [1.807, 2.05) is 20.8 Å². The molecule has 0 spiro atoms. The Morgan fingerprint density at radius 1 is 1.50 bits per heavy atom. The molecule has 1 aliphatic rings. The van der Waals surface area contributed by atoms with Crippen LogP contribution in [-0.2, 0) is 4.79 Å². The van der Waals surface area contributed by atoms with Crippen LogP contribution >= 0.6 is 12.2 Å². The summed E-state index contributed by atoms with van der Waals surface area (Å²) in [6.07, 6.45) is 3.93. The zero-order valence-corrected chi connectivity index (χ0v) is 11.2. The molecule has 92 valence electrons. The van der Waals surface area contributed by atoms with Crippen molar-refractivity contribution in [2.75, 3.05) is 0 Å². The van der Waals surface area contributed by atoms with E-state index in [4.69, 9.17) is 18.0 Å². The molecule has 3 nitrogen and oxygen atoms in total. The van der Waals surface area contributed by atoms with Gasteiger partial charge in [0.2, 0.25) is 5.91 Å². The summed E-state index contributed by atoms with van der Waals surface area (Å²) in [6, 6.07) is 0.149. The van der Waals surface area contributed by atoms with Crippen LogP contribution in [0.25, 0.3) is 0 Å². The number of hydrogen-bond acceptors (Lipinski definition) is 2. The largest absolute Gasteiger partial charge is 0.393 e. The third kappa shape index (κ3) is 2.94. The van der Waals surface area contributed by atoms with Crippen molar-refractivity contribution in [3.05, 3.63) is 0 Å². The van der Waals surface area contributed by atoms with Gasteiger partial charge in [0.1, 0.15) is 0 Å². The Morgan fingerprint density at radius 2 is 2.12 bits per heavy atom. The lowest BCUT2D eigenvalue weighted by Crippen LogP contribution is -2.46. The normalized spacial score (nSPS) is 25.4. The molecule has 1 saturated carbocycles. The molecule has 4 heteroatoms. The molecule has 2 atom stereocenters. The lowest BCUT2D eigenvalue weighted by atomic mass is 9.88. The molecule has 0 radical (unpaired) electrons. The van der Waals surface area contributed by atoms with Crippen LogP contribution in [0.3, 0.4) is 0 Å². The maximum atomic E-state index is 12.0. The molecule has 0 aromatic heterocycles. The summed E-state index contributed by atoms with van der Waals surface area (Å²) in [5.41, 5.74) is 5.38. The van der Waals surface area contributed by atoms with Crippen molar-refractivity contribution in [2.24, 2.45) is 17.1 Å². The van der Waals surface area contributed by atoms with Gasteiger partial charge in [-0.2, -0.15) is 0 Å². The van der Waals surface area contributed by atoms with Crippen LogP contribution in [0.15, 0.2) is 0 Å². The van der Waals surface area contributed by atoms with E-state index < -0.39 is 0 Å². The number of rotatable bonds is 4.